The zero-order valence-corrected chi connectivity index (χ0v) is 8.00. The highest BCUT2D eigenvalue weighted by molar-refractivity contribution is 5.76. The molecule has 0 spiro atoms. The zero-order valence-electron chi connectivity index (χ0n) is 8.00. The van der Waals surface area contributed by atoms with E-state index in [9.17, 15) is 9.59 Å². The summed E-state index contributed by atoms with van der Waals surface area (Å²) in [6, 6.07) is -0.844. The minimum atomic E-state index is -1.06. The molecule has 0 saturated heterocycles. The average Bonchev–Trinajstić information content (AvgIpc) is 1.81. The number of hydrogen-bond donors (Lipinski definition) is 3. The van der Waals surface area contributed by atoms with E-state index >= 15 is 0 Å². The van der Waals surface area contributed by atoms with Gasteiger partial charge in [0.05, 0.1) is 6.54 Å². The fourth-order valence-corrected chi connectivity index (χ4v) is 0.953. The molecule has 0 aliphatic carbocycles. The number of carboxylic acids is 2. The Morgan fingerprint density at radius 3 is 2.00 bits per heavy atom. The van der Waals surface area contributed by atoms with Gasteiger partial charge in [-0.1, -0.05) is 20.8 Å². The lowest BCUT2D eigenvalue weighted by molar-refractivity contribution is -0.143. The maximum Gasteiger partial charge on any atom is 0.321 e. The average molecular weight is 189 g/mol. The van der Waals surface area contributed by atoms with Crippen LogP contribution in [0.3, 0.4) is 0 Å². The summed E-state index contributed by atoms with van der Waals surface area (Å²) in [6.07, 6.45) is 0. The number of aliphatic carboxylic acids is 2. The maximum absolute atomic E-state index is 10.7. The van der Waals surface area contributed by atoms with Crippen molar-refractivity contribution in [3.05, 3.63) is 0 Å². The third-order valence-corrected chi connectivity index (χ3v) is 1.57. The summed E-state index contributed by atoms with van der Waals surface area (Å²) in [5.41, 5.74) is -0.499. The standard InChI is InChI=1S/C8H15NO4/c1-8(2,3)6(7(12)13)9-4-5(10)11/h6,9H,4H2,1-3H3,(H,10,11)(H,12,13). The van der Waals surface area contributed by atoms with Crippen LogP contribution in [0.25, 0.3) is 0 Å². The van der Waals surface area contributed by atoms with Crippen LogP contribution in [0.4, 0.5) is 0 Å². The molecule has 0 amide bonds. The van der Waals surface area contributed by atoms with Gasteiger partial charge < -0.3 is 10.2 Å². The quantitative estimate of drug-likeness (QED) is 0.586. The summed E-state index contributed by atoms with van der Waals surface area (Å²) in [7, 11) is 0. The normalized spacial score (nSPS) is 13.8. The Hall–Kier alpha value is -1.10. The summed E-state index contributed by atoms with van der Waals surface area (Å²) in [5.74, 6) is -2.09. The lowest BCUT2D eigenvalue weighted by atomic mass is 9.87. The highest BCUT2D eigenvalue weighted by Crippen LogP contribution is 2.18. The van der Waals surface area contributed by atoms with Gasteiger partial charge >= 0.3 is 11.9 Å². The lowest BCUT2D eigenvalue weighted by Crippen LogP contribution is -2.48. The first kappa shape index (κ1) is 11.9. The molecule has 0 rings (SSSR count). The summed E-state index contributed by atoms with van der Waals surface area (Å²) in [4.78, 5) is 20.9. The Balaban J connectivity index is 4.28. The Bertz CT molecular complexity index is 207. The van der Waals surface area contributed by atoms with Crippen LogP contribution in [0.1, 0.15) is 20.8 Å². The molecule has 0 aliphatic rings. The summed E-state index contributed by atoms with van der Waals surface area (Å²) in [5, 5.41) is 19.6. The van der Waals surface area contributed by atoms with Gasteiger partial charge in [-0.05, 0) is 5.41 Å². The molecular weight excluding hydrogens is 174 g/mol. The van der Waals surface area contributed by atoms with Crippen molar-refractivity contribution in [1.29, 1.82) is 0 Å². The SMILES string of the molecule is CC(C)(C)C(NCC(=O)O)C(=O)O. The minimum absolute atomic E-state index is 0.339. The summed E-state index contributed by atoms with van der Waals surface area (Å²) < 4.78 is 0. The second kappa shape index (κ2) is 4.23. The molecule has 13 heavy (non-hydrogen) atoms. The van der Waals surface area contributed by atoms with Crippen LogP contribution in [-0.4, -0.2) is 34.7 Å². The molecular formula is C8H15NO4. The largest absolute Gasteiger partial charge is 0.480 e. The van der Waals surface area contributed by atoms with Crippen molar-refractivity contribution in [2.45, 2.75) is 26.8 Å². The molecule has 0 aliphatic heterocycles. The van der Waals surface area contributed by atoms with Gasteiger partial charge in [0.25, 0.3) is 0 Å². The third kappa shape index (κ3) is 4.47. The molecule has 1 atom stereocenters. The van der Waals surface area contributed by atoms with Gasteiger partial charge in [0.15, 0.2) is 0 Å². The van der Waals surface area contributed by atoms with Crippen molar-refractivity contribution in [1.82, 2.24) is 5.32 Å². The molecule has 1 unspecified atom stereocenters. The smallest absolute Gasteiger partial charge is 0.321 e. The Morgan fingerprint density at radius 1 is 1.31 bits per heavy atom. The first-order valence-corrected chi connectivity index (χ1v) is 3.93. The lowest BCUT2D eigenvalue weighted by Gasteiger charge is -2.27. The Kier molecular flexibility index (Phi) is 3.87. The van der Waals surface area contributed by atoms with E-state index in [1.54, 1.807) is 20.8 Å². The number of nitrogens with one attached hydrogen (secondary N) is 1. The monoisotopic (exact) mass is 189 g/mol. The van der Waals surface area contributed by atoms with Gasteiger partial charge in [-0.3, -0.25) is 14.9 Å². The first-order chi connectivity index (χ1) is 5.75. The Labute approximate surface area is 76.8 Å². The van der Waals surface area contributed by atoms with E-state index in [0.717, 1.165) is 0 Å². The van der Waals surface area contributed by atoms with Crippen LogP contribution in [0.15, 0.2) is 0 Å². The van der Waals surface area contributed by atoms with Crippen LogP contribution < -0.4 is 5.32 Å². The van der Waals surface area contributed by atoms with Gasteiger partial charge in [-0.2, -0.15) is 0 Å². The van der Waals surface area contributed by atoms with E-state index < -0.39 is 23.4 Å². The van der Waals surface area contributed by atoms with E-state index in [1.165, 1.54) is 0 Å². The molecule has 5 nitrogen and oxygen atoms in total. The van der Waals surface area contributed by atoms with Gasteiger partial charge in [-0.25, -0.2) is 0 Å². The van der Waals surface area contributed by atoms with Crippen LogP contribution in [-0.2, 0) is 9.59 Å². The van der Waals surface area contributed by atoms with Crippen molar-refractivity contribution in [3.63, 3.8) is 0 Å². The highest BCUT2D eigenvalue weighted by Gasteiger charge is 2.30. The van der Waals surface area contributed by atoms with E-state index in [1.807, 2.05) is 0 Å². The van der Waals surface area contributed by atoms with E-state index in [-0.39, 0.29) is 6.54 Å². The third-order valence-electron chi connectivity index (χ3n) is 1.57. The molecule has 76 valence electrons. The molecule has 0 aromatic rings. The molecule has 0 radical (unpaired) electrons. The Morgan fingerprint density at radius 2 is 1.77 bits per heavy atom. The first-order valence-electron chi connectivity index (χ1n) is 3.93. The van der Waals surface area contributed by atoms with Gasteiger partial charge in [-0.15, -0.1) is 0 Å². The van der Waals surface area contributed by atoms with Crippen LogP contribution in [0, 0.1) is 5.41 Å². The van der Waals surface area contributed by atoms with Crippen molar-refractivity contribution in [2.24, 2.45) is 5.41 Å². The molecule has 3 N–H and O–H groups in total. The molecule has 0 saturated carbocycles. The second-order valence-electron chi connectivity index (χ2n) is 3.91. The van der Waals surface area contributed by atoms with Crippen molar-refractivity contribution in [2.75, 3.05) is 6.54 Å². The molecule has 5 heteroatoms. The molecule has 0 bridgehead atoms. The summed E-state index contributed by atoms with van der Waals surface area (Å²) in [6.45, 7) is 4.87. The molecule has 0 aromatic heterocycles. The molecule has 0 aromatic carbocycles. The van der Waals surface area contributed by atoms with Gasteiger partial charge in [0.1, 0.15) is 6.04 Å². The number of carboxylic acid groups (broad SMARTS) is 2. The van der Waals surface area contributed by atoms with E-state index in [4.69, 9.17) is 10.2 Å². The number of rotatable bonds is 4. The van der Waals surface area contributed by atoms with Crippen LogP contribution >= 0.6 is 0 Å². The highest BCUT2D eigenvalue weighted by atomic mass is 16.4. The van der Waals surface area contributed by atoms with E-state index in [0.29, 0.717) is 0 Å². The van der Waals surface area contributed by atoms with Gasteiger partial charge in [0.2, 0.25) is 0 Å². The van der Waals surface area contributed by atoms with Gasteiger partial charge in [0, 0.05) is 0 Å². The van der Waals surface area contributed by atoms with Crippen molar-refractivity contribution >= 4 is 11.9 Å². The zero-order chi connectivity index (χ0) is 10.6. The fraction of sp³-hybridized carbons (Fsp3) is 0.750. The topological polar surface area (TPSA) is 86.6 Å². The van der Waals surface area contributed by atoms with Crippen LogP contribution in [0.2, 0.25) is 0 Å². The van der Waals surface area contributed by atoms with E-state index in [2.05, 4.69) is 5.32 Å². The molecule has 0 fully saturated rings. The number of hydrogen-bond acceptors (Lipinski definition) is 3. The maximum atomic E-state index is 10.7. The van der Waals surface area contributed by atoms with Crippen LogP contribution in [0.5, 0.6) is 0 Å². The van der Waals surface area contributed by atoms with Crippen molar-refractivity contribution < 1.29 is 19.8 Å². The van der Waals surface area contributed by atoms with Crippen molar-refractivity contribution in [3.8, 4) is 0 Å². The predicted octanol–water partition coefficient (Wildman–Crippen LogP) is 0.160. The number of carbonyl (C=O) groups is 2. The molecule has 0 heterocycles. The fourth-order valence-electron chi connectivity index (χ4n) is 0.953. The second-order valence-corrected chi connectivity index (χ2v) is 3.91. The minimum Gasteiger partial charge on any atom is -0.480 e. The predicted molar refractivity (Wildman–Crippen MR) is 46.5 cm³/mol. The summed E-state index contributed by atoms with van der Waals surface area (Å²) >= 11 is 0.